The van der Waals surface area contributed by atoms with Crippen LogP contribution in [0.5, 0.6) is 5.88 Å². The predicted octanol–water partition coefficient (Wildman–Crippen LogP) is 2.38. The van der Waals surface area contributed by atoms with Crippen LogP contribution in [0.15, 0.2) is 18.3 Å². The smallest absolute Gasteiger partial charge is 0.266 e. The van der Waals surface area contributed by atoms with E-state index in [1.807, 2.05) is 6.92 Å². The second-order valence-electron chi connectivity index (χ2n) is 5.24. The largest absolute Gasteiger partial charge is 0.480 e. The number of carbonyl (C=O) groups excluding carboxylic acids is 1. The van der Waals surface area contributed by atoms with Crippen LogP contribution in [-0.4, -0.2) is 35.1 Å². The van der Waals surface area contributed by atoms with Crippen molar-refractivity contribution in [3.63, 3.8) is 0 Å². The molecule has 0 saturated carbocycles. The molecule has 0 fully saturated rings. The first-order valence-electron chi connectivity index (χ1n) is 7.39. The van der Waals surface area contributed by atoms with Crippen LogP contribution in [-0.2, 0) is 11.3 Å². The third kappa shape index (κ3) is 3.37. The fraction of sp³-hybridized carbons (Fsp3) is 0.250. The first-order chi connectivity index (χ1) is 12.0. The molecule has 130 valence electrons. The Morgan fingerprint density at radius 2 is 2.12 bits per heavy atom. The van der Waals surface area contributed by atoms with Gasteiger partial charge < -0.3 is 20.5 Å². The maximum Gasteiger partial charge on any atom is 0.266 e. The topological polar surface area (TPSA) is 112 Å². The number of nitrogens with zero attached hydrogens (tertiary/aromatic N) is 3. The van der Waals surface area contributed by atoms with E-state index in [2.05, 4.69) is 20.3 Å². The lowest BCUT2D eigenvalue weighted by Crippen LogP contribution is -2.11. The van der Waals surface area contributed by atoms with Crippen molar-refractivity contribution in [3.05, 3.63) is 34.6 Å². The summed E-state index contributed by atoms with van der Waals surface area (Å²) in [5.74, 6) is 1.07. The molecule has 0 unspecified atom stereocenters. The Morgan fingerprint density at radius 1 is 1.32 bits per heavy atom. The van der Waals surface area contributed by atoms with Gasteiger partial charge in [0, 0.05) is 7.11 Å². The standard InChI is InChI=1S/C16H17N5O3S/c1-8-12-15(24-3)20-11(7-23-2)21-16(12)25-13(8)14(22)19-9-4-5-10(17)18-6-9/h4-6H,7H2,1-3H3,(H2,17,18)(H,19,22). The van der Waals surface area contributed by atoms with Crippen LogP contribution in [0.1, 0.15) is 21.1 Å². The lowest BCUT2D eigenvalue weighted by atomic mass is 10.2. The summed E-state index contributed by atoms with van der Waals surface area (Å²) in [7, 11) is 3.11. The SMILES string of the molecule is COCc1nc(OC)c2c(C)c(C(=O)Nc3ccc(N)nc3)sc2n1. The molecule has 0 spiro atoms. The van der Waals surface area contributed by atoms with Gasteiger partial charge in [-0.15, -0.1) is 11.3 Å². The number of methoxy groups -OCH3 is 2. The van der Waals surface area contributed by atoms with Crippen LogP contribution in [0.4, 0.5) is 11.5 Å². The lowest BCUT2D eigenvalue weighted by Gasteiger charge is -2.05. The average Bonchev–Trinajstić information content (AvgIpc) is 2.93. The van der Waals surface area contributed by atoms with Crippen molar-refractivity contribution in [2.45, 2.75) is 13.5 Å². The van der Waals surface area contributed by atoms with Crippen LogP contribution in [0, 0.1) is 6.92 Å². The van der Waals surface area contributed by atoms with Crippen LogP contribution in [0.2, 0.25) is 0 Å². The molecule has 3 N–H and O–H groups in total. The van der Waals surface area contributed by atoms with Gasteiger partial charge in [-0.2, -0.15) is 4.98 Å². The van der Waals surface area contributed by atoms with Crippen molar-refractivity contribution in [3.8, 4) is 5.88 Å². The zero-order valence-electron chi connectivity index (χ0n) is 14.0. The molecular weight excluding hydrogens is 342 g/mol. The minimum atomic E-state index is -0.248. The highest BCUT2D eigenvalue weighted by Crippen LogP contribution is 2.35. The quantitative estimate of drug-likeness (QED) is 0.719. The van der Waals surface area contributed by atoms with Gasteiger partial charge in [0.1, 0.15) is 17.3 Å². The molecule has 3 heterocycles. The summed E-state index contributed by atoms with van der Waals surface area (Å²) in [6.45, 7) is 2.11. The number of nitrogen functional groups attached to an aromatic ring is 1. The predicted molar refractivity (Wildman–Crippen MR) is 96.0 cm³/mol. The number of anilines is 2. The third-order valence-corrected chi connectivity index (χ3v) is 4.70. The minimum absolute atomic E-state index is 0.248. The van der Waals surface area contributed by atoms with Crippen molar-refractivity contribution in [1.82, 2.24) is 15.0 Å². The second kappa shape index (κ2) is 6.99. The van der Waals surface area contributed by atoms with Crippen molar-refractivity contribution >= 4 is 39.0 Å². The van der Waals surface area contributed by atoms with Gasteiger partial charge in [0.25, 0.3) is 5.91 Å². The minimum Gasteiger partial charge on any atom is -0.480 e. The molecule has 25 heavy (non-hydrogen) atoms. The number of carbonyl (C=O) groups is 1. The van der Waals surface area contributed by atoms with E-state index in [4.69, 9.17) is 15.2 Å². The van der Waals surface area contributed by atoms with E-state index >= 15 is 0 Å². The van der Waals surface area contributed by atoms with E-state index in [1.165, 1.54) is 24.6 Å². The van der Waals surface area contributed by atoms with Crippen LogP contribution in [0.25, 0.3) is 10.2 Å². The Morgan fingerprint density at radius 3 is 2.76 bits per heavy atom. The normalized spacial score (nSPS) is 10.8. The zero-order chi connectivity index (χ0) is 18.0. The van der Waals surface area contributed by atoms with Gasteiger partial charge in [-0.3, -0.25) is 4.79 Å². The first-order valence-corrected chi connectivity index (χ1v) is 8.21. The number of fused-ring (bicyclic) bond motifs is 1. The third-order valence-electron chi connectivity index (χ3n) is 3.52. The Balaban J connectivity index is 1.99. The van der Waals surface area contributed by atoms with Crippen molar-refractivity contribution < 1.29 is 14.3 Å². The highest BCUT2D eigenvalue weighted by Gasteiger charge is 2.21. The van der Waals surface area contributed by atoms with Crippen molar-refractivity contribution in [1.29, 1.82) is 0 Å². The molecule has 3 rings (SSSR count). The number of nitrogens with two attached hydrogens (primary N) is 1. The number of aromatic nitrogens is 3. The number of rotatable bonds is 5. The lowest BCUT2D eigenvalue weighted by molar-refractivity contribution is 0.103. The molecule has 0 radical (unpaired) electrons. The first kappa shape index (κ1) is 17.1. The molecule has 3 aromatic rings. The molecule has 0 bridgehead atoms. The molecule has 1 amide bonds. The maximum atomic E-state index is 12.6. The van der Waals surface area contributed by atoms with Gasteiger partial charge in [0.05, 0.1) is 29.3 Å². The molecule has 0 aliphatic heterocycles. The fourth-order valence-electron chi connectivity index (χ4n) is 2.37. The van der Waals surface area contributed by atoms with Gasteiger partial charge in [-0.05, 0) is 24.6 Å². The van der Waals surface area contributed by atoms with Crippen LogP contribution < -0.4 is 15.8 Å². The number of ether oxygens (including phenoxy) is 2. The highest BCUT2D eigenvalue weighted by molar-refractivity contribution is 7.20. The molecule has 9 heteroatoms. The van der Waals surface area contributed by atoms with Gasteiger partial charge in [-0.1, -0.05) is 0 Å². The van der Waals surface area contributed by atoms with E-state index < -0.39 is 0 Å². The Hall–Kier alpha value is -2.78. The van der Waals surface area contributed by atoms with Crippen LogP contribution in [0.3, 0.4) is 0 Å². The molecule has 0 aliphatic rings. The van der Waals surface area contributed by atoms with Crippen molar-refractivity contribution in [2.75, 3.05) is 25.3 Å². The highest BCUT2D eigenvalue weighted by atomic mass is 32.1. The second-order valence-corrected chi connectivity index (χ2v) is 6.24. The van der Waals surface area contributed by atoms with E-state index in [1.54, 1.807) is 19.2 Å². The van der Waals surface area contributed by atoms with Crippen LogP contribution >= 0.6 is 11.3 Å². The zero-order valence-corrected chi connectivity index (χ0v) is 14.8. The number of hydrogen-bond donors (Lipinski definition) is 2. The van der Waals surface area contributed by atoms with Gasteiger partial charge in [0.2, 0.25) is 5.88 Å². The number of aryl methyl sites for hydroxylation is 1. The summed E-state index contributed by atoms with van der Waals surface area (Å²) in [4.78, 5) is 26.6. The molecule has 3 aromatic heterocycles. The summed E-state index contributed by atoms with van der Waals surface area (Å²) in [6.07, 6.45) is 1.51. The molecule has 0 aliphatic carbocycles. The number of nitrogens with one attached hydrogen (secondary N) is 1. The molecule has 0 saturated heterocycles. The fourth-order valence-corrected chi connectivity index (χ4v) is 3.45. The number of hydrogen-bond acceptors (Lipinski definition) is 8. The van der Waals surface area contributed by atoms with E-state index in [9.17, 15) is 4.79 Å². The summed E-state index contributed by atoms with van der Waals surface area (Å²) < 4.78 is 10.4. The van der Waals surface area contributed by atoms with Gasteiger partial charge in [-0.25, -0.2) is 9.97 Å². The number of pyridine rings is 1. The molecule has 0 atom stereocenters. The van der Waals surface area contributed by atoms with E-state index in [0.29, 0.717) is 32.9 Å². The Labute approximate surface area is 148 Å². The Kier molecular flexibility index (Phi) is 4.77. The summed E-state index contributed by atoms with van der Waals surface area (Å²) in [5.41, 5.74) is 6.88. The van der Waals surface area contributed by atoms with Crippen molar-refractivity contribution in [2.24, 2.45) is 0 Å². The monoisotopic (exact) mass is 359 g/mol. The molecular formula is C16H17N5O3S. The molecule has 8 nitrogen and oxygen atoms in total. The summed E-state index contributed by atoms with van der Waals surface area (Å²) in [5, 5.41) is 3.53. The number of amides is 1. The average molecular weight is 359 g/mol. The maximum absolute atomic E-state index is 12.6. The molecule has 0 aromatic carbocycles. The summed E-state index contributed by atoms with van der Waals surface area (Å²) in [6, 6.07) is 3.32. The Bertz CT molecular complexity index is 924. The van der Waals surface area contributed by atoms with E-state index in [0.717, 1.165) is 10.9 Å². The summed E-state index contributed by atoms with van der Waals surface area (Å²) >= 11 is 1.28. The van der Waals surface area contributed by atoms with E-state index in [-0.39, 0.29) is 12.5 Å². The van der Waals surface area contributed by atoms with Gasteiger partial charge >= 0.3 is 0 Å². The van der Waals surface area contributed by atoms with Gasteiger partial charge in [0.15, 0.2) is 5.82 Å². The number of thiophene rings is 1.